The highest BCUT2D eigenvalue weighted by Gasteiger charge is 2.53. The van der Waals surface area contributed by atoms with Crippen molar-refractivity contribution >= 4 is 40.9 Å². The minimum atomic E-state index is -1.99. The van der Waals surface area contributed by atoms with Crippen LogP contribution in [0.4, 0.5) is 4.39 Å². The number of carboxylic acids is 1. The number of halogens is 1. The van der Waals surface area contributed by atoms with E-state index >= 15 is 0 Å². The third-order valence-electron chi connectivity index (χ3n) is 9.01. The van der Waals surface area contributed by atoms with E-state index in [0.717, 1.165) is 16.1 Å². The summed E-state index contributed by atoms with van der Waals surface area (Å²) in [4.78, 5) is 69.6. The summed E-state index contributed by atoms with van der Waals surface area (Å²) in [5.41, 5.74) is 1.10. The maximum absolute atomic E-state index is 14.5. The number of ether oxygens (including phenoxy) is 4. The highest BCUT2D eigenvalue weighted by Crippen LogP contribution is 2.40. The van der Waals surface area contributed by atoms with Gasteiger partial charge in [-0.1, -0.05) is 32.9 Å². The van der Waals surface area contributed by atoms with Crippen LogP contribution in [0, 0.1) is 12.3 Å². The highest BCUT2D eigenvalue weighted by atomic mass is 32.1. The zero-order chi connectivity index (χ0) is 40.2. The van der Waals surface area contributed by atoms with Crippen LogP contribution in [0.25, 0.3) is 10.4 Å². The molecule has 18 heteroatoms. The van der Waals surface area contributed by atoms with Gasteiger partial charge in [-0.15, -0.1) is 11.3 Å². The van der Waals surface area contributed by atoms with Crippen LogP contribution in [0.15, 0.2) is 23.7 Å². The zero-order valence-corrected chi connectivity index (χ0v) is 32.5. The summed E-state index contributed by atoms with van der Waals surface area (Å²) in [6.45, 7) is 8.34. The van der Waals surface area contributed by atoms with Crippen molar-refractivity contribution in [1.29, 1.82) is 0 Å². The SMILES string of the molecule is Cc1ncsc1-c1ccc(CNC(=O)[C@@H]2C[C@@H](O)CN2C(=O)[C@@H](NC(=O)C2(F)CC2)C(C)(C)C)c(OCC(=O)NCCOCCOCCOCCC(=O)O)c1. The van der Waals surface area contributed by atoms with Crippen LogP contribution >= 0.6 is 11.3 Å². The third-order valence-corrected chi connectivity index (χ3v) is 9.99. The zero-order valence-electron chi connectivity index (χ0n) is 31.7. The Morgan fingerprint density at radius 3 is 2.33 bits per heavy atom. The number of aliphatic hydroxyl groups excluding tert-OH is 1. The summed E-state index contributed by atoms with van der Waals surface area (Å²) < 4.78 is 36.4. The fraction of sp³-hybridized carbons (Fsp3) is 0.622. The van der Waals surface area contributed by atoms with Crippen LogP contribution < -0.4 is 20.7 Å². The summed E-state index contributed by atoms with van der Waals surface area (Å²) in [7, 11) is 0. The van der Waals surface area contributed by atoms with Gasteiger partial charge >= 0.3 is 5.97 Å². The van der Waals surface area contributed by atoms with Crippen LogP contribution in [-0.4, -0.2) is 133 Å². The first-order valence-corrected chi connectivity index (χ1v) is 19.1. The lowest BCUT2D eigenvalue weighted by atomic mass is 9.85. The predicted octanol–water partition coefficient (Wildman–Crippen LogP) is 1.75. The van der Waals surface area contributed by atoms with Crippen molar-refractivity contribution in [2.45, 2.75) is 83.8 Å². The molecule has 1 aliphatic heterocycles. The fourth-order valence-corrected chi connectivity index (χ4v) is 6.53. The van der Waals surface area contributed by atoms with E-state index in [0.29, 0.717) is 31.1 Å². The lowest BCUT2D eigenvalue weighted by Crippen LogP contribution is -2.59. The van der Waals surface area contributed by atoms with Crippen molar-refractivity contribution < 1.29 is 57.5 Å². The normalized spacial score (nSPS) is 18.0. The Balaban J connectivity index is 1.31. The first-order chi connectivity index (χ1) is 26.1. The molecule has 16 nitrogen and oxygen atoms in total. The molecule has 0 spiro atoms. The van der Waals surface area contributed by atoms with Crippen LogP contribution in [0.3, 0.4) is 0 Å². The van der Waals surface area contributed by atoms with Crippen molar-refractivity contribution in [1.82, 2.24) is 25.8 Å². The number of amides is 4. The number of aliphatic hydroxyl groups is 1. The van der Waals surface area contributed by atoms with Gasteiger partial charge in [0.25, 0.3) is 11.8 Å². The predicted molar refractivity (Wildman–Crippen MR) is 198 cm³/mol. The molecule has 2 aliphatic rings. The van der Waals surface area contributed by atoms with Crippen molar-refractivity contribution in [3.05, 3.63) is 35.0 Å². The Labute approximate surface area is 323 Å². The number of hydrogen-bond acceptors (Lipinski definition) is 12. The lowest BCUT2D eigenvalue weighted by Gasteiger charge is -2.35. The number of aliphatic carboxylic acids is 1. The molecule has 1 aromatic heterocycles. The van der Waals surface area contributed by atoms with Crippen LogP contribution in [0.2, 0.25) is 0 Å². The van der Waals surface area contributed by atoms with E-state index < -0.39 is 58.9 Å². The van der Waals surface area contributed by atoms with Crippen molar-refractivity contribution in [3.8, 4) is 16.2 Å². The average molecular weight is 794 g/mol. The molecule has 2 fully saturated rings. The van der Waals surface area contributed by atoms with E-state index in [-0.39, 0.29) is 71.7 Å². The Hall–Kier alpha value is -4.23. The molecule has 5 N–H and O–H groups in total. The molecule has 0 unspecified atom stereocenters. The molecule has 4 amide bonds. The number of aryl methyl sites for hydroxylation is 1. The topological polar surface area (TPSA) is 215 Å². The van der Waals surface area contributed by atoms with Crippen molar-refractivity contribution in [3.63, 3.8) is 0 Å². The molecule has 304 valence electrons. The van der Waals surface area contributed by atoms with Crippen molar-refractivity contribution in [2.75, 3.05) is 59.3 Å². The Morgan fingerprint density at radius 1 is 1.04 bits per heavy atom. The largest absolute Gasteiger partial charge is 0.483 e. The number of nitrogens with zero attached hydrogens (tertiary/aromatic N) is 2. The van der Waals surface area contributed by atoms with Gasteiger partial charge in [0.1, 0.15) is 17.8 Å². The van der Waals surface area contributed by atoms with Gasteiger partial charge in [0.05, 0.1) is 68.2 Å². The van der Waals surface area contributed by atoms with E-state index in [2.05, 4.69) is 20.9 Å². The van der Waals surface area contributed by atoms with E-state index in [1.807, 2.05) is 13.0 Å². The molecule has 1 aliphatic carbocycles. The Morgan fingerprint density at radius 2 is 1.71 bits per heavy atom. The van der Waals surface area contributed by atoms with Gasteiger partial charge in [-0.25, -0.2) is 9.37 Å². The van der Waals surface area contributed by atoms with Gasteiger partial charge in [-0.3, -0.25) is 24.0 Å². The molecule has 55 heavy (non-hydrogen) atoms. The van der Waals surface area contributed by atoms with Gasteiger partial charge in [-0.2, -0.15) is 0 Å². The molecule has 1 saturated heterocycles. The monoisotopic (exact) mass is 793 g/mol. The number of hydrogen-bond donors (Lipinski definition) is 5. The summed E-state index contributed by atoms with van der Waals surface area (Å²) in [5, 5.41) is 27.2. The molecular formula is C37H52FN5O11S. The first-order valence-electron chi connectivity index (χ1n) is 18.2. The van der Waals surface area contributed by atoms with Gasteiger partial charge in [-0.05, 0) is 36.8 Å². The number of nitrogens with one attached hydrogen (secondary N) is 3. The number of aromatic nitrogens is 1. The lowest BCUT2D eigenvalue weighted by molar-refractivity contribution is -0.145. The minimum absolute atomic E-state index is 0.0234. The molecule has 0 bridgehead atoms. The molecule has 2 heterocycles. The first kappa shape index (κ1) is 43.5. The second-order valence-electron chi connectivity index (χ2n) is 14.6. The Bertz CT molecular complexity index is 1650. The second-order valence-corrected chi connectivity index (χ2v) is 15.4. The van der Waals surface area contributed by atoms with Crippen LogP contribution in [0.1, 0.15) is 57.7 Å². The number of alkyl halides is 1. The maximum Gasteiger partial charge on any atom is 0.305 e. The number of benzene rings is 1. The fourth-order valence-electron chi connectivity index (χ4n) is 5.73. The summed E-state index contributed by atoms with van der Waals surface area (Å²) in [5.74, 6) is -2.96. The number of carbonyl (C=O) groups is 5. The Kier molecular flexibility index (Phi) is 15.9. The molecular weight excluding hydrogens is 741 g/mol. The van der Waals surface area contributed by atoms with Crippen LogP contribution in [0.5, 0.6) is 5.75 Å². The molecule has 0 radical (unpaired) electrons. The third kappa shape index (κ3) is 13.2. The molecule has 1 saturated carbocycles. The smallest absolute Gasteiger partial charge is 0.305 e. The molecule has 2 aromatic rings. The summed E-state index contributed by atoms with van der Waals surface area (Å²) in [6.07, 6.45) is -0.895. The van der Waals surface area contributed by atoms with E-state index in [1.54, 1.807) is 38.4 Å². The second kappa shape index (κ2) is 20.1. The number of carboxylic acid groups (broad SMARTS) is 1. The van der Waals surface area contributed by atoms with Gasteiger partial charge in [0.15, 0.2) is 12.3 Å². The van der Waals surface area contributed by atoms with E-state index in [1.165, 1.54) is 16.2 Å². The maximum atomic E-state index is 14.5. The van der Waals surface area contributed by atoms with Crippen molar-refractivity contribution in [2.24, 2.45) is 5.41 Å². The standard InChI is InChI=1S/C37H52FN5O11S/c1-23-31(55-22-41-23)24-5-6-25(28(17-24)54-21-29(45)39-10-12-52-14-16-53-15-13-51-11-7-30(46)47)19-40-33(48)27-18-26(44)20-43(27)34(49)32(36(2,3)4)42-35(50)37(38)8-9-37/h5-6,17,22,26-27,32,44H,7-16,18-21H2,1-4H3,(H,39,45)(H,40,48)(H,42,50)(H,46,47)/t26-,27+,32-/m1/s1. The average Bonchev–Trinajstić information content (AvgIpc) is 3.54. The number of rotatable bonds is 22. The van der Waals surface area contributed by atoms with Gasteiger partial charge in [0, 0.05) is 31.6 Å². The number of likely N-dealkylation sites (tertiary alicyclic amines) is 1. The van der Waals surface area contributed by atoms with Gasteiger partial charge in [0.2, 0.25) is 11.8 Å². The molecule has 1 aromatic carbocycles. The number of thiazole rings is 1. The van der Waals surface area contributed by atoms with Crippen LogP contribution in [-0.2, 0) is 44.7 Å². The summed E-state index contributed by atoms with van der Waals surface area (Å²) in [6, 6.07) is 3.21. The summed E-state index contributed by atoms with van der Waals surface area (Å²) >= 11 is 1.45. The quantitative estimate of drug-likeness (QED) is 0.108. The van der Waals surface area contributed by atoms with E-state index in [9.17, 15) is 33.5 Å². The molecule has 4 rings (SSSR count). The minimum Gasteiger partial charge on any atom is -0.483 e. The molecule has 3 atom stereocenters. The number of β-amino-alcohol motifs (C(OH)–C–C–N with tert-alkyl or cyclic N) is 1. The van der Waals surface area contributed by atoms with Gasteiger partial charge < -0.3 is 50.0 Å². The highest BCUT2D eigenvalue weighted by molar-refractivity contribution is 7.13. The van der Waals surface area contributed by atoms with E-state index in [4.69, 9.17) is 24.1 Å². The number of carbonyl (C=O) groups excluding carboxylic acids is 4.